The Bertz CT molecular complexity index is 637. The molecule has 0 atom stereocenters. The van der Waals surface area contributed by atoms with E-state index in [9.17, 15) is 10.0 Å². The zero-order chi connectivity index (χ0) is 15.6. The minimum Gasteiger partial charge on any atom is -0.596 e. The molecule has 21 heavy (non-hydrogen) atoms. The van der Waals surface area contributed by atoms with E-state index in [2.05, 4.69) is 0 Å². The fraction of sp³-hybridized carbons (Fsp3) is 0.375. The Morgan fingerprint density at radius 1 is 1.24 bits per heavy atom. The fourth-order valence-electron chi connectivity index (χ4n) is 2.04. The number of hydrogen-bond acceptors (Lipinski definition) is 3. The number of ether oxygens (including phenoxy) is 1. The normalized spacial score (nSPS) is 11.4. The van der Waals surface area contributed by atoms with Gasteiger partial charge in [0.25, 0.3) is 0 Å². The van der Waals surface area contributed by atoms with Crippen LogP contribution in [0.25, 0.3) is 0 Å². The first-order chi connectivity index (χ1) is 9.82. The lowest BCUT2D eigenvalue weighted by atomic mass is 9.89. The molecule has 0 fully saturated rings. The number of nitrogens with zero attached hydrogens (tertiary/aromatic N) is 2. The number of benzene rings is 1. The smallest absolute Gasteiger partial charge is 0.209 e. The minimum atomic E-state index is -0.525. The molecule has 2 rings (SSSR count). The van der Waals surface area contributed by atoms with Crippen LogP contribution in [-0.2, 0) is 6.54 Å². The first kappa shape index (κ1) is 15.1. The molecule has 1 aromatic heterocycles. The molecule has 0 aliphatic carbocycles. The van der Waals surface area contributed by atoms with E-state index < -0.39 is 5.41 Å². The van der Waals surface area contributed by atoms with Gasteiger partial charge in [-0.15, -0.1) is 4.68 Å². The fourth-order valence-corrected chi connectivity index (χ4v) is 2.04. The summed E-state index contributed by atoms with van der Waals surface area (Å²) in [5, 5.41) is 11.9. The topological polar surface area (TPSA) is 58.2 Å². The van der Waals surface area contributed by atoms with Crippen molar-refractivity contribution >= 4 is 5.78 Å². The van der Waals surface area contributed by atoms with Crippen LogP contribution < -0.4 is 9.58 Å². The third-order valence-corrected chi connectivity index (χ3v) is 3.28. The van der Waals surface area contributed by atoms with Gasteiger partial charge in [-0.3, -0.25) is 4.79 Å². The lowest BCUT2D eigenvalue weighted by Crippen LogP contribution is -2.39. The Morgan fingerprint density at radius 2 is 1.86 bits per heavy atom. The first-order valence-corrected chi connectivity index (χ1v) is 6.79. The van der Waals surface area contributed by atoms with E-state index in [4.69, 9.17) is 4.74 Å². The molecule has 0 N–H and O–H groups in total. The zero-order valence-electron chi connectivity index (χ0n) is 12.8. The molecule has 0 spiro atoms. The predicted octanol–water partition coefficient (Wildman–Crippen LogP) is 2.41. The second-order valence-corrected chi connectivity index (χ2v) is 5.99. The molecule has 5 heteroatoms. The van der Waals surface area contributed by atoms with Crippen molar-refractivity contribution in [2.75, 3.05) is 7.11 Å². The minimum absolute atomic E-state index is 0.0504. The van der Waals surface area contributed by atoms with Crippen molar-refractivity contribution in [1.82, 2.24) is 4.68 Å². The van der Waals surface area contributed by atoms with Gasteiger partial charge in [0, 0.05) is 11.5 Å². The van der Waals surface area contributed by atoms with E-state index in [1.54, 1.807) is 13.2 Å². The maximum Gasteiger partial charge on any atom is 0.209 e. The van der Waals surface area contributed by atoms with E-state index in [1.807, 2.05) is 45.0 Å². The SMILES string of the molecule is COc1ccc(Cn2c(C(=O)C(C)(C)C)cc[n+]2[O-])cc1. The molecule has 0 saturated carbocycles. The first-order valence-electron chi connectivity index (χ1n) is 6.79. The number of carbonyl (C=O) groups is 1. The number of rotatable bonds is 4. The largest absolute Gasteiger partial charge is 0.596 e. The molecule has 0 aliphatic rings. The van der Waals surface area contributed by atoms with Crippen LogP contribution in [0.5, 0.6) is 5.75 Å². The molecule has 1 aromatic carbocycles. The molecular weight excluding hydrogens is 268 g/mol. The van der Waals surface area contributed by atoms with Crippen LogP contribution >= 0.6 is 0 Å². The summed E-state index contributed by atoms with van der Waals surface area (Å²) in [6.07, 6.45) is 1.36. The number of aromatic nitrogens is 2. The Balaban J connectivity index is 2.31. The van der Waals surface area contributed by atoms with E-state index in [0.717, 1.165) is 11.3 Å². The quantitative estimate of drug-likeness (QED) is 0.493. The number of methoxy groups -OCH3 is 1. The maximum atomic E-state index is 12.4. The van der Waals surface area contributed by atoms with E-state index in [-0.39, 0.29) is 5.78 Å². The van der Waals surface area contributed by atoms with Gasteiger partial charge in [0.05, 0.1) is 7.11 Å². The molecule has 0 amide bonds. The van der Waals surface area contributed by atoms with Crippen LogP contribution in [0.1, 0.15) is 36.8 Å². The summed E-state index contributed by atoms with van der Waals surface area (Å²) in [6, 6.07) is 9.00. The average molecular weight is 288 g/mol. The Labute approximate surface area is 124 Å². The zero-order valence-corrected chi connectivity index (χ0v) is 12.8. The predicted molar refractivity (Wildman–Crippen MR) is 79.3 cm³/mol. The van der Waals surface area contributed by atoms with Gasteiger partial charge in [0.1, 0.15) is 12.3 Å². The molecule has 0 radical (unpaired) electrons. The average Bonchev–Trinajstić information content (AvgIpc) is 2.79. The van der Waals surface area contributed by atoms with Crippen molar-refractivity contribution in [3.63, 3.8) is 0 Å². The van der Waals surface area contributed by atoms with Crippen molar-refractivity contribution in [1.29, 1.82) is 0 Å². The summed E-state index contributed by atoms with van der Waals surface area (Å²) in [4.78, 5) is 13.1. The number of hydrogen-bond donors (Lipinski definition) is 0. The molecule has 5 nitrogen and oxygen atoms in total. The van der Waals surface area contributed by atoms with Crippen LogP contribution in [0.15, 0.2) is 36.5 Å². The van der Waals surface area contributed by atoms with Crippen LogP contribution in [0, 0.1) is 10.6 Å². The number of carbonyl (C=O) groups excluding carboxylic acids is 1. The van der Waals surface area contributed by atoms with E-state index >= 15 is 0 Å². The molecular formula is C16H20N2O3. The van der Waals surface area contributed by atoms with Crippen molar-refractivity contribution in [2.45, 2.75) is 27.3 Å². The summed E-state index contributed by atoms with van der Waals surface area (Å²) >= 11 is 0. The molecule has 112 valence electrons. The van der Waals surface area contributed by atoms with Gasteiger partial charge in [0.15, 0.2) is 11.5 Å². The summed E-state index contributed by atoms with van der Waals surface area (Å²) in [7, 11) is 1.60. The highest BCUT2D eigenvalue weighted by molar-refractivity contribution is 5.98. The number of Topliss-reactive ketones (excluding diaryl/α,β-unsaturated/α-hetero) is 1. The summed E-state index contributed by atoms with van der Waals surface area (Å²) in [5.41, 5.74) is 0.830. The summed E-state index contributed by atoms with van der Waals surface area (Å²) < 4.78 is 6.55. The lowest BCUT2D eigenvalue weighted by Gasteiger charge is -2.16. The van der Waals surface area contributed by atoms with Gasteiger partial charge in [-0.25, -0.2) is 0 Å². The standard InChI is InChI=1S/C16H20N2O3/c1-16(2,3)15(19)14-9-10-18(20)17(14)11-12-5-7-13(21-4)8-6-12/h5-10H,11H2,1-4H3. The van der Waals surface area contributed by atoms with Gasteiger partial charge in [-0.2, -0.15) is 0 Å². The molecule has 1 heterocycles. The molecule has 2 aromatic rings. The highest BCUT2D eigenvalue weighted by atomic mass is 16.5. The Morgan fingerprint density at radius 3 is 2.38 bits per heavy atom. The number of ketones is 1. The van der Waals surface area contributed by atoms with Gasteiger partial charge in [-0.1, -0.05) is 37.7 Å². The molecule has 0 aliphatic heterocycles. The maximum absolute atomic E-state index is 12.4. The third kappa shape index (κ3) is 3.24. The van der Waals surface area contributed by atoms with E-state index in [1.165, 1.54) is 10.9 Å². The highest BCUT2D eigenvalue weighted by Crippen LogP contribution is 2.21. The molecule has 0 unspecified atom stereocenters. The Hall–Kier alpha value is -2.30. The van der Waals surface area contributed by atoms with Gasteiger partial charge in [0.2, 0.25) is 6.20 Å². The second-order valence-electron chi connectivity index (χ2n) is 5.99. The third-order valence-electron chi connectivity index (χ3n) is 3.28. The monoisotopic (exact) mass is 288 g/mol. The summed E-state index contributed by atoms with van der Waals surface area (Å²) in [6.45, 7) is 5.87. The highest BCUT2D eigenvalue weighted by Gasteiger charge is 2.28. The van der Waals surface area contributed by atoms with Crippen molar-refractivity contribution < 1.29 is 14.4 Å². The van der Waals surface area contributed by atoms with E-state index in [0.29, 0.717) is 17.1 Å². The lowest BCUT2D eigenvalue weighted by molar-refractivity contribution is -0.693. The van der Waals surface area contributed by atoms with Crippen LogP contribution in [-0.4, -0.2) is 17.6 Å². The van der Waals surface area contributed by atoms with Crippen molar-refractivity contribution in [3.8, 4) is 5.75 Å². The van der Waals surface area contributed by atoms with Crippen molar-refractivity contribution in [3.05, 3.63) is 53.0 Å². The van der Waals surface area contributed by atoms with Crippen LogP contribution in [0.2, 0.25) is 0 Å². The van der Waals surface area contributed by atoms with Crippen LogP contribution in [0.3, 0.4) is 0 Å². The summed E-state index contributed by atoms with van der Waals surface area (Å²) in [5.74, 6) is 0.706. The van der Waals surface area contributed by atoms with Crippen molar-refractivity contribution in [2.24, 2.45) is 5.41 Å². The molecule has 0 bridgehead atoms. The molecule has 0 saturated heterocycles. The van der Waals surface area contributed by atoms with Gasteiger partial charge < -0.3 is 9.94 Å². The second kappa shape index (κ2) is 5.60. The Kier molecular flexibility index (Phi) is 4.02. The van der Waals surface area contributed by atoms with Gasteiger partial charge >= 0.3 is 0 Å². The van der Waals surface area contributed by atoms with Crippen LogP contribution in [0.4, 0.5) is 0 Å². The van der Waals surface area contributed by atoms with Gasteiger partial charge in [-0.05, 0) is 17.7 Å².